The van der Waals surface area contributed by atoms with Gasteiger partial charge in [0.25, 0.3) is 0 Å². The van der Waals surface area contributed by atoms with Gasteiger partial charge in [0.15, 0.2) is 0 Å². The molecule has 0 saturated carbocycles. The lowest BCUT2D eigenvalue weighted by atomic mass is 10.1. The zero-order valence-electron chi connectivity index (χ0n) is 16.8. The molecule has 2 aromatic carbocycles. The second-order valence-electron chi connectivity index (χ2n) is 6.66. The van der Waals surface area contributed by atoms with Gasteiger partial charge in [-0.1, -0.05) is 40.2 Å². The molecule has 2 aromatic rings. The maximum atomic E-state index is 13.2. The zero-order valence-corrected chi connectivity index (χ0v) is 20.8. The minimum atomic E-state index is -3.75. The van der Waals surface area contributed by atoms with Gasteiger partial charge in [0.05, 0.1) is 11.9 Å². The molecule has 0 saturated heterocycles. The third kappa shape index (κ3) is 6.29. The fourth-order valence-corrected chi connectivity index (χ4v) is 4.80. The third-order valence-corrected chi connectivity index (χ3v) is 6.75. The van der Waals surface area contributed by atoms with Crippen molar-refractivity contribution >= 4 is 59.4 Å². The number of amides is 2. The number of sulfonamides is 1. The number of hydrogen-bond donors (Lipinski definition) is 1. The predicted octanol–water partition coefficient (Wildman–Crippen LogP) is 3.14. The first-order valence-electron chi connectivity index (χ1n) is 9.02. The third-order valence-electron chi connectivity index (χ3n) is 4.46. The highest BCUT2D eigenvalue weighted by Crippen LogP contribution is 2.28. The minimum absolute atomic E-state index is 0.153. The zero-order chi connectivity index (χ0) is 22.5. The number of rotatable bonds is 8. The molecule has 162 valence electrons. The van der Waals surface area contributed by atoms with Gasteiger partial charge >= 0.3 is 0 Å². The quantitative estimate of drug-likeness (QED) is 0.537. The van der Waals surface area contributed by atoms with Gasteiger partial charge in [-0.05, 0) is 52.7 Å². The van der Waals surface area contributed by atoms with Crippen LogP contribution in [0.15, 0.2) is 57.5 Å². The Morgan fingerprint density at radius 1 is 1.10 bits per heavy atom. The highest BCUT2D eigenvalue weighted by molar-refractivity contribution is 9.10. The summed E-state index contributed by atoms with van der Waals surface area (Å²) in [6, 6.07) is 13.3. The standard InChI is InChI=1S/C20H23Br2N3O4S/c1-14(20(27)23-2)24(12-15-7-6-8-16(21)11-15)19(26)13-25(30(3,28)29)18-10-5-4-9-17(18)22/h4-11,14H,12-13H2,1-3H3,(H,23,27). The molecule has 0 aromatic heterocycles. The Bertz CT molecular complexity index is 1030. The Kier molecular flexibility index (Phi) is 8.45. The number of para-hydroxylation sites is 1. The molecular formula is C20H23Br2N3O4S. The molecule has 1 atom stereocenters. The molecule has 0 bridgehead atoms. The van der Waals surface area contributed by atoms with Crippen LogP contribution in [-0.2, 0) is 26.2 Å². The summed E-state index contributed by atoms with van der Waals surface area (Å²) in [5, 5.41) is 2.54. The van der Waals surface area contributed by atoms with Crippen LogP contribution < -0.4 is 9.62 Å². The number of halogens is 2. The molecule has 0 spiro atoms. The van der Waals surface area contributed by atoms with Gasteiger partial charge < -0.3 is 10.2 Å². The highest BCUT2D eigenvalue weighted by atomic mass is 79.9. The Labute approximate surface area is 193 Å². The first-order valence-corrected chi connectivity index (χ1v) is 12.5. The number of nitrogens with zero attached hydrogens (tertiary/aromatic N) is 2. The lowest BCUT2D eigenvalue weighted by molar-refractivity contribution is -0.139. The minimum Gasteiger partial charge on any atom is -0.357 e. The Balaban J connectivity index is 2.40. The average molecular weight is 561 g/mol. The van der Waals surface area contributed by atoms with E-state index in [1.165, 1.54) is 11.9 Å². The van der Waals surface area contributed by atoms with E-state index in [4.69, 9.17) is 0 Å². The molecule has 0 radical (unpaired) electrons. The summed E-state index contributed by atoms with van der Waals surface area (Å²) in [6.45, 7) is 1.33. The van der Waals surface area contributed by atoms with Gasteiger partial charge in [-0.15, -0.1) is 0 Å². The van der Waals surface area contributed by atoms with Crippen LogP contribution in [-0.4, -0.2) is 51.0 Å². The summed E-state index contributed by atoms with van der Waals surface area (Å²) in [5.41, 5.74) is 1.16. The fourth-order valence-electron chi connectivity index (χ4n) is 2.87. The van der Waals surface area contributed by atoms with E-state index in [1.54, 1.807) is 31.2 Å². The predicted molar refractivity (Wildman–Crippen MR) is 125 cm³/mol. The van der Waals surface area contributed by atoms with E-state index >= 15 is 0 Å². The smallest absolute Gasteiger partial charge is 0.244 e. The number of benzene rings is 2. The molecular weight excluding hydrogens is 538 g/mol. The lowest BCUT2D eigenvalue weighted by Gasteiger charge is -2.31. The molecule has 0 aliphatic rings. The summed E-state index contributed by atoms with van der Waals surface area (Å²) >= 11 is 6.74. The molecule has 2 amide bonds. The number of carbonyl (C=O) groups is 2. The van der Waals surface area contributed by atoms with Gasteiger partial charge in [-0.25, -0.2) is 8.42 Å². The van der Waals surface area contributed by atoms with Crippen LogP contribution in [0, 0.1) is 0 Å². The first kappa shape index (κ1) is 24.4. The fraction of sp³-hybridized carbons (Fsp3) is 0.300. The van der Waals surface area contributed by atoms with Gasteiger partial charge in [-0.3, -0.25) is 13.9 Å². The highest BCUT2D eigenvalue weighted by Gasteiger charge is 2.30. The van der Waals surface area contributed by atoms with Crippen molar-refractivity contribution in [2.24, 2.45) is 0 Å². The van der Waals surface area contributed by atoms with E-state index in [9.17, 15) is 18.0 Å². The van der Waals surface area contributed by atoms with E-state index in [0.29, 0.717) is 10.2 Å². The number of hydrogen-bond acceptors (Lipinski definition) is 4. The van der Waals surface area contributed by atoms with Crippen LogP contribution in [0.3, 0.4) is 0 Å². The molecule has 2 rings (SSSR count). The molecule has 0 fully saturated rings. The van der Waals surface area contributed by atoms with Crippen molar-refractivity contribution in [3.05, 3.63) is 63.0 Å². The van der Waals surface area contributed by atoms with Crippen molar-refractivity contribution in [1.82, 2.24) is 10.2 Å². The van der Waals surface area contributed by atoms with E-state index in [2.05, 4.69) is 37.2 Å². The molecule has 30 heavy (non-hydrogen) atoms. The molecule has 0 heterocycles. The largest absolute Gasteiger partial charge is 0.357 e. The van der Waals surface area contributed by atoms with E-state index in [0.717, 1.165) is 20.6 Å². The first-order chi connectivity index (χ1) is 14.0. The summed E-state index contributed by atoms with van der Waals surface area (Å²) in [7, 11) is -2.26. The van der Waals surface area contributed by atoms with Gasteiger partial charge in [0.2, 0.25) is 21.8 Å². The summed E-state index contributed by atoms with van der Waals surface area (Å²) < 4.78 is 27.3. The van der Waals surface area contributed by atoms with Crippen LogP contribution in [0.5, 0.6) is 0 Å². The van der Waals surface area contributed by atoms with Crippen molar-refractivity contribution in [2.75, 3.05) is 24.2 Å². The van der Waals surface area contributed by atoms with Crippen LogP contribution in [0.1, 0.15) is 12.5 Å². The van der Waals surface area contributed by atoms with Gasteiger partial charge in [0, 0.05) is 22.5 Å². The van der Waals surface area contributed by atoms with Crippen molar-refractivity contribution in [3.63, 3.8) is 0 Å². The summed E-state index contributed by atoms with van der Waals surface area (Å²) in [6.07, 6.45) is 1.04. The molecule has 0 aliphatic heterocycles. The number of likely N-dealkylation sites (N-methyl/N-ethyl adjacent to an activating group) is 1. The van der Waals surface area contributed by atoms with Crippen LogP contribution in [0.2, 0.25) is 0 Å². The number of nitrogens with one attached hydrogen (secondary N) is 1. The van der Waals surface area contributed by atoms with Crippen molar-refractivity contribution < 1.29 is 18.0 Å². The summed E-state index contributed by atoms with van der Waals surface area (Å²) in [4.78, 5) is 26.9. The average Bonchev–Trinajstić information content (AvgIpc) is 2.69. The second kappa shape index (κ2) is 10.4. The monoisotopic (exact) mass is 559 g/mol. The van der Waals surface area contributed by atoms with Crippen molar-refractivity contribution in [3.8, 4) is 0 Å². The van der Waals surface area contributed by atoms with Gasteiger partial charge in [0.1, 0.15) is 12.6 Å². The van der Waals surface area contributed by atoms with Crippen molar-refractivity contribution in [1.29, 1.82) is 0 Å². The van der Waals surface area contributed by atoms with Crippen LogP contribution in [0.25, 0.3) is 0 Å². The van der Waals surface area contributed by atoms with Crippen molar-refractivity contribution in [2.45, 2.75) is 19.5 Å². The molecule has 1 N–H and O–H groups in total. The van der Waals surface area contributed by atoms with Crippen LogP contribution in [0.4, 0.5) is 5.69 Å². The Morgan fingerprint density at radius 3 is 2.33 bits per heavy atom. The molecule has 0 aliphatic carbocycles. The normalized spacial score (nSPS) is 12.2. The van der Waals surface area contributed by atoms with Gasteiger partial charge in [-0.2, -0.15) is 0 Å². The number of anilines is 1. The van der Waals surface area contributed by atoms with E-state index in [-0.39, 0.29) is 12.5 Å². The Morgan fingerprint density at radius 2 is 1.77 bits per heavy atom. The maximum Gasteiger partial charge on any atom is 0.244 e. The topological polar surface area (TPSA) is 86.8 Å². The van der Waals surface area contributed by atoms with E-state index in [1.807, 2.05) is 24.3 Å². The van der Waals surface area contributed by atoms with E-state index < -0.39 is 28.5 Å². The molecule has 7 nitrogen and oxygen atoms in total. The molecule has 1 unspecified atom stereocenters. The Hall–Kier alpha value is -1.91. The lowest BCUT2D eigenvalue weighted by Crippen LogP contribution is -2.50. The number of carbonyl (C=O) groups excluding carboxylic acids is 2. The summed E-state index contributed by atoms with van der Waals surface area (Å²) in [5.74, 6) is -0.836. The van der Waals surface area contributed by atoms with Crippen LogP contribution >= 0.6 is 31.9 Å². The second-order valence-corrected chi connectivity index (χ2v) is 10.3. The maximum absolute atomic E-state index is 13.2. The SMILES string of the molecule is CNC(=O)C(C)N(Cc1cccc(Br)c1)C(=O)CN(c1ccccc1Br)S(C)(=O)=O. The molecule has 10 heteroatoms.